The van der Waals surface area contributed by atoms with E-state index in [1.54, 1.807) is 12.4 Å². The fourth-order valence-corrected chi connectivity index (χ4v) is 3.73. The van der Waals surface area contributed by atoms with Crippen LogP contribution in [0, 0.1) is 11.6 Å². The molecule has 148 valence electrons. The second-order valence-electron chi connectivity index (χ2n) is 6.50. The van der Waals surface area contributed by atoms with Gasteiger partial charge in [-0.2, -0.15) is 0 Å². The van der Waals surface area contributed by atoms with Crippen molar-refractivity contribution in [2.45, 2.75) is 25.5 Å². The van der Waals surface area contributed by atoms with Gasteiger partial charge < -0.3 is 10.2 Å². The maximum absolute atomic E-state index is 13.9. The van der Waals surface area contributed by atoms with E-state index in [1.165, 1.54) is 11.3 Å². The highest BCUT2D eigenvalue weighted by atomic mass is 32.1. The van der Waals surface area contributed by atoms with E-state index in [-0.39, 0.29) is 23.7 Å². The van der Waals surface area contributed by atoms with E-state index in [4.69, 9.17) is 4.84 Å². The minimum atomic E-state index is -0.909. The number of rotatable bonds is 5. The molecule has 9 heteroatoms. The lowest BCUT2D eigenvalue weighted by molar-refractivity contribution is -0.131. The van der Waals surface area contributed by atoms with Crippen LogP contribution >= 0.6 is 11.3 Å². The van der Waals surface area contributed by atoms with E-state index in [2.05, 4.69) is 20.4 Å². The molecule has 29 heavy (non-hydrogen) atoms. The molecule has 0 aliphatic carbocycles. The van der Waals surface area contributed by atoms with Crippen molar-refractivity contribution in [1.29, 1.82) is 0 Å². The summed E-state index contributed by atoms with van der Waals surface area (Å²) in [6.07, 6.45) is 2.55. The largest absolute Gasteiger partial charge is 0.382 e. The fraction of sp³-hybridized carbons (Fsp3) is 0.200. The molecule has 0 spiro atoms. The maximum Gasteiger partial charge on any atom is 0.264 e. The third kappa shape index (κ3) is 4.14. The monoisotopic (exact) mass is 414 g/mol. The number of carbonyl (C=O) groups excluding carboxylic acids is 1. The Labute approximate surface area is 169 Å². The molecule has 0 saturated carbocycles. The van der Waals surface area contributed by atoms with Crippen LogP contribution in [0.4, 0.5) is 8.78 Å². The predicted octanol–water partition coefficient (Wildman–Crippen LogP) is 3.85. The molecule has 2 aromatic heterocycles. The molecule has 3 aromatic rings. The number of hydrogen-bond donors (Lipinski definition) is 1. The zero-order valence-electron chi connectivity index (χ0n) is 15.3. The van der Waals surface area contributed by atoms with Crippen LogP contribution in [-0.2, 0) is 9.63 Å². The Morgan fingerprint density at radius 2 is 2.21 bits per heavy atom. The molecule has 1 aliphatic rings. The molecule has 2 atom stereocenters. The molecule has 4 rings (SSSR count). The number of pyridine rings is 1. The van der Waals surface area contributed by atoms with Crippen LogP contribution in [0.2, 0.25) is 0 Å². The summed E-state index contributed by atoms with van der Waals surface area (Å²) in [5.41, 5.74) is 1.86. The minimum Gasteiger partial charge on any atom is -0.382 e. The zero-order valence-corrected chi connectivity index (χ0v) is 16.1. The first-order valence-electron chi connectivity index (χ1n) is 8.85. The smallest absolute Gasteiger partial charge is 0.264 e. The first-order valence-corrected chi connectivity index (χ1v) is 9.73. The molecular formula is C20H16F2N4O2S. The molecule has 1 amide bonds. The van der Waals surface area contributed by atoms with Gasteiger partial charge in [-0.15, -0.1) is 11.3 Å². The standard InChI is InChI=1S/C20H16F2N4O2S/c1-11(20-25-17(10-29-20)12-3-2-6-23-9-12)24-19(27)18-8-16(26-28-18)14-7-13(21)4-5-15(14)22/h2-7,9-11,18H,8H2,1H3,(H,24,27). The number of carbonyl (C=O) groups is 1. The van der Waals surface area contributed by atoms with E-state index in [0.29, 0.717) is 0 Å². The number of thiazole rings is 1. The van der Waals surface area contributed by atoms with Crippen LogP contribution < -0.4 is 5.32 Å². The van der Waals surface area contributed by atoms with Crippen molar-refractivity contribution in [1.82, 2.24) is 15.3 Å². The lowest BCUT2D eigenvalue weighted by Crippen LogP contribution is -2.36. The van der Waals surface area contributed by atoms with Crippen LogP contribution in [0.15, 0.2) is 53.3 Å². The number of aromatic nitrogens is 2. The summed E-state index contributed by atoms with van der Waals surface area (Å²) in [5.74, 6) is -1.60. The highest BCUT2D eigenvalue weighted by Crippen LogP contribution is 2.26. The minimum absolute atomic E-state index is 0.00520. The average molecular weight is 414 g/mol. The van der Waals surface area contributed by atoms with Gasteiger partial charge in [-0.1, -0.05) is 5.16 Å². The van der Waals surface area contributed by atoms with Gasteiger partial charge in [0.15, 0.2) is 0 Å². The van der Waals surface area contributed by atoms with E-state index in [0.717, 1.165) is 34.5 Å². The van der Waals surface area contributed by atoms with Crippen LogP contribution in [0.1, 0.15) is 30.0 Å². The molecule has 0 fully saturated rings. The number of oxime groups is 1. The number of halogens is 2. The van der Waals surface area contributed by atoms with Crippen molar-refractivity contribution in [3.8, 4) is 11.3 Å². The Kier molecular flexibility index (Phi) is 5.30. The third-order valence-electron chi connectivity index (χ3n) is 4.41. The van der Waals surface area contributed by atoms with Crippen molar-refractivity contribution in [3.05, 3.63) is 70.3 Å². The van der Waals surface area contributed by atoms with E-state index >= 15 is 0 Å². The van der Waals surface area contributed by atoms with E-state index < -0.39 is 23.6 Å². The molecule has 6 nitrogen and oxygen atoms in total. The fourth-order valence-electron chi connectivity index (χ4n) is 2.90. The molecule has 1 aliphatic heterocycles. The van der Waals surface area contributed by atoms with Crippen LogP contribution in [0.5, 0.6) is 0 Å². The van der Waals surface area contributed by atoms with Crippen LogP contribution in [-0.4, -0.2) is 27.7 Å². The molecule has 1 aromatic carbocycles. The summed E-state index contributed by atoms with van der Waals surface area (Å²) in [4.78, 5) is 26.3. The van der Waals surface area contributed by atoms with Crippen molar-refractivity contribution in [2.75, 3.05) is 0 Å². The Balaban J connectivity index is 1.39. The number of nitrogens with one attached hydrogen (secondary N) is 1. The molecule has 0 bridgehead atoms. The maximum atomic E-state index is 13.9. The highest BCUT2D eigenvalue weighted by Gasteiger charge is 2.31. The SMILES string of the molecule is CC(NC(=O)C1CC(c2cc(F)ccc2F)=NO1)c1nc(-c2cccnc2)cs1. The molecule has 2 unspecified atom stereocenters. The van der Waals surface area contributed by atoms with Crippen molar-refractivity contribution in [2.24, 2.45) is 5.16 Å². The molecule has 0 radical (unpaired) electrons. The summed E-state index contributed by atoms with van der Waals surface area (Å²) in [6.45, 7) is 1.81. The van der Waals surface area contributed by atoms with Crippen molar-refractivity contribution < 1.29 is 18.4 Å². The summed E-state index contributed by atoms with van der Waals surface area (Å²) in [6, 6.07) is 6.47. The number of amides is 1. The Morgan fingerprint density at radius 1 is 1.34 bits per heavy atom. The highest BCUT2D eigenvalue weighted by molar-refractivity contribution is 7.10. The number of hydrogen-bond acceptors (Lipinski definition) is 6. The van der Waals surface area contributed by atoms with Gasteiger partial charge in [-0.05, 0) is 37.3 Å². The first kappa shape index (κ1) is 19.1. The molecular weight excluding hydrogens is 398 g/mol. The normalized spacial score (nSPS) is 16.8. The topological polar surface area (TPSA) is 76.5 Å². The lowest BCUT2D eigenvalue weighted by atomic mass is 10.0. The predicted molar refractivity (Wildman–Crippen MR) is 104 cm³/mol. The number of nitrogens with zero attached hydrogens (tertiary/aromatic N) is 3. The second kappa shape index (κ2) is 8.04. The van der Waals surface area contributed by atoms with Crippen molar-refractivity contribution >= 4 is 23.0 Å². The molecule has 3 heterocycles. The van der Waals surface area contributed by atoms with E-state index in [9.17, 15) is 13.6 Å². The Hall–Kier alpha value is -3.20. The van der Waals surface area contributed by atoms with E-state index in [1.807, 2.05) is 24.4 Å². The Morgan fingerprint density at radius 3 is 3.00 bits per heavy atom. The lowest BCUT2D eigenvalue weighted by Gasteiger charge is -2.14. The molecule has 1 N–H and O–H groups in total. The van der Waals surface area contributed by atoms with Gasteiger partial charge in [-0.3, -0.25) is 9.78 Å². The van der Waals surface area contributed by atoms with Gasteiger partial charge in [-0.25, -0.2) is 13.8 Å². The molecule has 0 saturated heterocycles. The van der Waals surface area contributed by atoms with Crippen LogP contribution in [0.25, 0.3) is 11.3 Å². The average Bonchev–Trinajstić information content (AvgIpc) is 3.40. The van der Waals surface area contributed by atoms with Gasteiger partial charge in [0.2, 0.25) is 6.10 Å². The third-order valence-corrected chi connectivity index (χ3v) is 5.44. The van der Waals surface area contributed by atoms with Gasteiger partial charge >= 0.3 is 0 Å². The first-order chi connectivity index (χ1) is 14.0. The zero-order chi connectivity index (χ0) is 20.4. The van der Waals surface area contributed by atoms with Gasteiger partial charge in [0.1, 0.15) is 16.6 Å². The van der Waals surface area contributed by atoms with Gasteiger partial charge in [0, 0.05) is 35.3 Å². The number of benzene rings is 1. The Bertz CT molecular complexity index is 1070. The quantitative estimate of drug-likeness (QED) is 0.688. The second-order valence-corrected chi connectivity index (χ2v) is 7.39. The van der Waals surface area contributed by atoms with Gasteiger partial charge in [0.25, 0.3) is 5.91 Å². The van der Waals surface area contributed by atoms with Crippen LogP contribution in [0.3, 0.4) is 0 Å². The summed E-state index contributed by atoms with van der Waals surface area (Å²) in [7, 11) is 0. The van der Waals surface area contributed by atoms with Crippen molar-refractivity contribution in [3.63, 3.8) is 0 Å². The summed E-state index contributed by atoms with van der Waals surface area (Å²) >= 11 is 1.42. The summed E-state index contributed by atoms with van der Waals surface area (Å²) < 4.78 is 27.3. The van der Waals surface area contributed by atoms with Gasteiger partial charge in [0.05, 0.1) is 17.4 Å². The summed E-state index contributed by atoms with van der Waals surface area (Å²) in [5, 5.41) is 9.22.